The van der Waals surface area contributed by atoms with Gasteiger partial charge in [-0.15, -0.1) is 0 Å². The molecule has 4 aliphatic rings. The minimum atomic E-state index is -0.628. The van der Waals surface area contributed by atoms with E-state index in [0.717, 1.165) is 50.8 Å². The smallest absolute Gasteiger partial charge is 0.132 e. The number of benzene rings is 11. The molecule has 0 saturated heterocycles. The summed E-state index contributed by atoms with van der Waals surface area (Å²) in [6.07, 6.45) is 0. The highest BCUT2D eigenvalue weighted by Crippen LogP contribution is 2.67. The van der Waals surface area contributed by atoms with E-state index in [1.165, 1.54) is 76.2 Å². The molecule has 15 rings (SSSR count). The van der Waals surface area contributed by atoms with Crippen molar-refractivity contribution in [1.29, 1.82) is 0 Å². The summed E-state index contributed by atoms with van der Waals surface area (Å²) in [4.78, 5) is 5.16. The lowest BCUT2D eigenvalue weighted by Gasteiger charge is -2.40. The van der Waals surface area contributed by atoms with Crippen molar-refractivity contribution in [3.63, 3.8) is 0 Å². The van der Waals surface area contributed by atoms with Crippen LogP contribution in [0, 0.1) is 0 Å². The molecule has 11 aromatic carbocycles. The largest absolute Gasteiger partial charge is 0.457 e. The Kier molecular flexibility index (Phi) is 8.17. The molecule has 2 nitrogen and oxygen atoms in total. The average molecular weight is 896 g/mol. The number of hydrogen-bond acceptors (Lipinski definition) is 3. The van der Waals surface area contributed by atoms with E-state index in [4.69, 9.17) is 4.74 Å². The maximum absolute atomic E-state index is 6.79. The van der Waals surface area contributed by atoms with E-state index in [2.05, 4.69) is 254 Å². The minimum absolute atomic E-state index is 0.563. The second-order valence-electron chi connectivity index (χ2n) is 18.6. The predicted molar refractivity (Wildman–Crippen MR) is 283 cm³/mol. The summed E-state index contributed by atoms with van der Waals surface area (Å²) in [6, 6.07) is 92.5. The van der Waals surface area contributed by atoms with Crippen molar-refractivity contribution in [2.75, 3.05) is 4.90 Å². The molecule has 322 valence electrons. The highest BCUT2D eigenvalue weighted by molar-refractivity contribution is 7.99. The van der Waals surface area contributed by atoms with Crippen LogP contribution in [0.4, 0.5) is 17.1 Å². The summed E-state index contributed by atoms with van der Waals surface area (Å²) < 4.78 is 6.79. The normalized spacial score (nSPS) is 14.4. The SMILES string of the molecule is c1ccc(-c2ccccc2N(c2ccc3c(c2)C2(c4ccccc4Oc4ccccc42)c2ccccc2-3)c2cccc3c2-c2c(ccc4ccccc24)C32c3ccccc3Sc3ccccc32)cc1. The van der Waals surface area contributed by atoms with Gasteiger partial charge < -0.3 is 9.64 Å². The topological polar surface area (TPSA) is 12.5 Å². The fourth-order valence-electron chi connectivity index (χ4n) is 12.8. The zero-order valence-electron chi connectivity index (χ0n) is 37.4. The van der Waals surface area contributed by atoms with Gasteiger partial charge in [0.15, 0.2) is 0 Å². The molecule has 0 atom stereocenters. The lowest BCUT2D eigenvalue weighted by Crippen LogP contribution is -2.32. The third-order valence-corrected chi connectivity index (χ3v) is 16.5. The molecule has 0 fully saturated rings. The molecule has 2 spiro atoms. The molecule has 0 amide bonds. The van der Waals surface area contributed by atoms with Gasteiger partial charge in [0.2, 0.25) is 0 Å². The van der Waals surface area contributed by atoms with Crippen LogP contribution in [0.3, 0.4) is 0 Å². The van der Waals surface area contributed by atoms with Gasteiger partial charge in [0.05, 0.1) is 22.2 Å². The van der Waals surface area contributed by atoms with Gasteiger partial charge in [0.1, 0.15) is 11.5 Å². The quantitative estimate of drug-likeness (QED) is 0.175. The highest BCUT2D eigenvalue weighted by atomic mass is 32.2. The first-order valence-electron chi connectivity index (χ1n) is 23.8. The maximum atomic E-state index is 6.79. The summed E-state index contributed by atoms with van der Waals surface area (Å²) in [5, 5.41) is 2.48. The molecule has 0 radical (unpaired) electrons. The number of hydrogen-bond donors (Lipinski definition) is 0. The van der Waals surface area contributed by atoms with Gasteiger partial charge in [0.25, 0.3) is 0 Å². The Morgan fingerprint density at radius 3 is 1.62 bits per heavy atom. The maximum Gasteiger partial charge on any atom is 0.132 e. The van der Waals surface area contributed by atoms with Gasteiger partial charge in [0, 0.05) is 37.7 Å². The van der Waals surface area contributed by atoms with Crippen molar-refractivity contribution in [1.82, 2.24) is 0 Å². The Morgan fingerprint density at radius 1 is 0.333 bits per heavy atom. The Balaban J connectivity index is 1.08. The molecule has 0 N–H and O–H groups in total. The second kappa shape index (κ2) is 14.6. The summed E-state index contributed by atoms with van der Waals surface area (Å²) in [5.74, 6) is 1.77. The first-order chi connectivity index (χ1) is 34.2. The summed E-state index contributed by atoms with van der Waals surface area (Å²) in [6.45, 7) is 0. The highest BCUT2D eigenvalue weighted by Gasteiger charge is 2.53. The summed E-state index contributed by atoms with van der Waals surface area (Å²) in [5.41, 5.74) is 19.6. The molecule has 3 heteroatoms. The molecular formula is C66H41NOS. The van der Waals surface area contributed by atoms with Gasteiger partial charge >= 0.3 is 0 Å². The average Bonchev–Trinajstić information content (AvgIpc) is 3.88. The molecule has 2 aliphatic heterocycles. The van der Waals surface area contributed by atoms with Crippen LogP contribution in [0.2, 0.25) is 0 Å². The predicted octanol–water partition coefficient (Wildman–Crippen LogP) is 17.3. The summed E-state index contributed by atoms with van der Waals surface area (Å²) in [7, 11) is 0. The van der Waals surface area contributed by atoms with Crippen molar-refractivity contribution < 1.29 is 4.74 Å². The number of fused-ring (bicyclic) bond motifs is 20. The molecule has 69 heavy (non-hydrogen) atoms. The van der Waals surface area contributed by atoms with Crippen LogP contribution < -0.4 is 9.64 Å². The molecular weight excluding hydrogens is 855 g/mol. The van der Waals surface area contributed by atoms with E-state index < -0.39 is 10.8 Å². The molecule has 2 heterocycles. The zero-order chi connectivity index (χ0) is 45.3. The Bertz CT molecular complexity index is 3850. The van der Waals surface area contributed by atoms with Gasteiger partial charge in [-0.2, -0.15) is 0 Å². The van der Waals surface area contributed by atoms with Crippen molar-refractivity contribution >= 4 is 39.6 Å². The first-order valence-corrected chi connectivity index (χ1v) is 24.6. The molecule has 0 aromatic heterocycles. The van der Waals surface area contributed by atoms with Crippen molar-refractivity contribution in [2.24, 2.45) is 0 Å². The van der Waals surface area contributed by atoms with Gasteiger partial charge in [-0.1, -0.05) is 212 Å². The third-order valence-electron chi connectivity index (χ3n) is 15.4. The lowest BCUT2D eigenvalue weighted by molar-refractivity contribution is 0.436. The molecule has 0 saturated carbocycles. The van der Waals surface area contributed by atoms with Gasteiger partial charge in [-0.25, -0.2) is 0 Å². The van der Waals surface area contributed by atoms with Crippen molar-refractivity contribution in [3.05, 3.63) is 293 Å². The van der Waals surface area contributed by atoms with Crippen LogP contribution in [0.5, 0.6) is 11.5 Å². The van der Waals surface area contributed by atoms with Gasteiger partial charge in [-0.05, 0) is 115 Å². The van der Waals surface area contributed by atoms with E-state index in [1.54, 1.807) is 0 Å². The molecule has 2 aliphatic carbocycles. The van der Waals surface area contributed by atoms with E-state index >= 15 is 0 Å². The Hall–Kier alpha value is -8.37. The van der Waals surface area contributed by atoms with Crippen molar-refractivity contribution in [3.8, 4) is 44.9 Å². The van der Waals surface area contributed by atoms with E-state index in [0.29, 0.717) is 0 Å². The third kappa shape index (κ3) is 5.12. The standard InChI is InChI=1S/C66H41NOS/c1-2-19-42(20-3-1)45-22-7-13-31-57(45)67(44-38-39-48-47-24-6-8-25-49(47)65(56(48)41-44)50-26-9-14-33-59(50)68-60-34-15-10-27-51(60)65)58-32-18-30-54-64(58)63-46-23-5-4-21-43(46)37-40-55(63)66(54)52-28-11-16-35-61(52)69-62-36-17-12-29-53(62)66/h1-41H. The number of rotatable bonds is 4. The van der Waals surface area contributed by atoms with Crippen LogP contribution in [0.25, 0.3) is 44.2 Å². The molecule has 0 bridgehead atoms. The van der Waals surface area contributed by atoms with Crippen LogP contribution in [-0.2, 0) is 10.8 Å². The van der Waals surface area contributed by atoms with Crippen LogP contribution in [-0.4, -0.2) is 0 Å². The fraction of sp³-hybridized carbons (Fsp3) is 0.0303. The minimum Gasteiger partial charge on any atom is -0.457 e. The molecule has 0 unspecified atom stereocenters. The fourth-order valence-corrected chi connectivity index (χ4v) is 14.0. The van der Waals surface area contributed by atoms with Crippen molar-refractivity contribution in [2.45, 2.75) is 20.6 Å². The monoisotopic (exact) mass is 895 g/mol. The van der Waals surface area contributed by atoms with E-state index in [1.807, 2.05) is 11.8 Å². The van der Waals surface area contributed by atoms with E-state index in [9.17, 15) is 0 Å². The van der Waals surface area contributed by atoms with Crippen LogP contribution in [0.1, 0.15) is 44.5 Å². The van der Waals surface area contributed by atoms with Crippen LogP contribution >= 0.6 is 11.8 Å². The number of para-hydroxylation sites is 3. The van der Waals surface area contributed by atoms with E-state index in [-0.39, 0.29) is 0 Å². The zero-order valence-corrected chi connectivity index (χ0v) is 38.3. The number of anilines is 3. The molecule has 11 aromatic rings. The number of nitrogens with zero attached hydrogens (tertiary/aromatic N) is 1. The Morgan fingerprint density at radius 2 is 0.870 bits per heavy atom. The second-order valence-corrected chi connectivity index (χ2v) is 19.7. The van der Waals surface area contributed by atoms with Gasteiger partial charge in [-0.3, -0.25) is 0 Å². The Labute approximate surface area is 405 Å². The van der Waals surface area contributed by atoms with Crippen LogP contribution in [0.15, 0.2) is 259 Å². The first kappa shape index (κ1) is 38.7. The lowest BCUT2D eigenvalue weighted by atomic mass is 9.66. The number of ether oxygens (including phenoxy) is 1. The summed E-state index contributed by atoms with van der Waals surface area (Å²) >= 11 is 1.89.